The van der Waals surface area contributed by atoms with Crippen LogP contribution in [0.2, 0.25) is 0 Å². The fourth-order valence-corrected chi connectivity index (χ4v) is 1.20. The largest absolute Gasteiger partial charge is 0.303 e. The first-order valence-electron chi connectivity index (χ1n) is 3.78. The zero-order valence-corrected chi connectivity index (χ0v) is 6.68. The lowest BCUT2D eigenvalue weighted by molar-refractivity contribution is -0.115. The van der Waals surface area contributed by atoms with E-state index < -0.39 is 0 Å². The van der Waals surface area contributed by atoms with E-state index in [4.69, 9.17) is 0 Å². The first kappa shape index (κ1) is 7.52. The maximum atomic E-state index is 10.6. The number of aldehydes is 1. The van der Waals surface area contributed by atoms with Crippen LogP contribution in [0.25, 0.3) is 0 Å². The number of rotatable bonds is 1. The van der Waals surface area contributed by atoms with Gasteiger partial charge in [-0.2, -0.15) is 0 Å². The summed E-state index contributed by atoms with van der Waals surface area (Å²) < 4.78 is 0. The van der Waals surface area contributed by atoms with Crippen LogP contribution < -0.4 is 0 Å². The summed E-state index contributed by atoms with van der Waals surface area (Å²) in [5, 5.41) is 0. The van der Waals surface area contributed by atoms with Gasteiger partial charge >= 0.3 is 0 Å². The molecule has 0 N–H and O–H groups in total. The Bertz CT molecular complexity index is 170. The second-order valence-electron chi connectivity index (χ2n) is 3.53. The van der Waals surface area contributed by atoms with Gasteiger partial charge in [0.25, 0.3) is 0 Å². The fraction of sp³-hybridized carbons (Fsp3) is 0.667. The van der Waals surface area contributed by atoms with Crippen LogP contribution >= 0.6 is 0 Å². The van der Waals surface area contributed by atoms with Gasteiger partial charge in [-0.1, -0.05) is 18.6 Å². The molecule has 1 nitrogen and oxygen atoms in total. The van der Waals surface area contributed by atoms with Crippen LogP contribution in [0.5, 0.6) is 0 Å². The van der Waals surface area contributed by atoms with Crippen LogP contribution in [-0.4, -0.2) is 6.29 Å². The minimum Gasteiger partial charge on any atom is -0.303 e. The Kier molecular flexibility index (Phi) is 1.93. The maximum Gasteiger partial charge on any atom is 0.126 e. The van der Waals surface area contributed by atoms with Gasteiger partial charge in [0, 0.05) is 5.41 Å². The fourth-order valence-electron chi connectivity index (χ4n) is 1.20. The molecule has 0 saturated heterocycles. The smallest absolute Gasteiger partial charge is 0.126 e. The van der Waals surface area contributed by atoms with Crippen LogP contribution in [0.3, 0.4) is 0 Å². The lowest BCUT2D eigenvalue weighted by atomic mass is 9.78. The second kappa shape index (κ2) is 2.57. The molecule has 0 unspecified atom stereocenters. The normalized spacial score (nSPS) is 33.2. The number of allylic oxidation sites excluding steroid dienone is 2. The molecule has 0 bridgehead atoms. The second-order valence-corrected chi connectivity index (χ2v) is 3.53. The van der Waals surface area contributed by atoms with Crippen LogP contribution in [0.1, 0.15) is 33.1 Å². The summed E-state index contributed by atoms with van der Waals surface area (Å²) in [5.74, 6) is 0. The summed E-state index contributed by atoms with van der Waals surface area (Å²) in [6.45, 7) is 4.16. The van der Waals surface area contributed by atoms with Gasteiger partial charge in [0.1, 0.15) is 6.29 Å². The molecule has 1 atom stereocenters. The van der Waals surface area contributed by atoms with E-state index in [1.54, 1.807) is 0 Å². The number of hydrogen-bond acceptors (Lipinski definition) is 1. The summed E-state index contributed by atoms with van der Waals surface area (Å²) in [7, 11) is 0. The SMILES string of the molecule is CC1=CC[C@@](C)(C=O)CC1. The molecule has 0 spiro atoms. The highest BCUT2D eigenvalue weighted by Gasteiger charge is 2.24. The van der Waals surface area contributed by atoms with E-state index in [0.717, 1.165) is 25.5 Å². The topological polar surface area (TPSA) is 17.1 Å². The van der Waals surface area contributed by atoms with E-state index in [9.17, 15) is 4.79 Å². The summed E-state index contributed by atoms with van der Waals surface area (Å²) in [6.07, 6.45) is 6.32. The zero-order valence-electron chi connectivity index (χ0n) is 6.68. The van der Waals surface area contributed by atoms with Gasteiger partial charge in [-0.05, 0) is 26.2 Å². The predicted octanol–water partition coefficient (Wildman–Crippen LogP) is 2.32. The summed E-state index contributed by atoms with van der Waals surface area (Å²) in [4.78, 5) is 10.6. The van der Waals surface area contributed by atoms with Crippen molar-refractivity contribution >= 4 is 6.29 Å². The van der Waals surface area contributed by atoms with Crippen LogP contribution in [-0.2, 0) is 4.79 Å². The molecule has 0 aromatic carbocycles. The molecule has 1 rings (SSSR count). The summed E-state index contributed by atoms with van der Waals surface area (Å²) in [6, 6.07) is 0. The van der Waals surface area contributed by atoms with Crippen molar-refractivity contribution in [3.05, 3.63) is 11.6 Å². The molecule has 0 aromatic rings. The lowest BCUT2D eigenvalue weighted by Gasteiger charge is -2.25. The number of carbonyl (C=O) groups excluding carboxylic acids is 1. The zero-order chi connectivity index (χ0) is 7.61. The first-order chi connectivity index (χ1) is 4.66. The quantitative estimate of drug-likeness (QED) is 0.401. The molecule has 0 heterocycles. The van der Waals surface area contributed by atoms with Gasteiger partial charge in [0.2, 0.25) is 0 Å². The minimum atomic E-state index is -0.0560. The van der Waals surface area contributed by atoms with Crippen LogP contribution in [0.15, 0.2) is 11.6 Å². The van der Waals surface area contributed by atoms with Crippen molar-refractivity contribution in [1.29, 1.82) is 0 Å². The summed E-state index contributed by atoms with van der Waals surface area (Å²) >= 11 is 0. The molecule has 1 heteroatoms. The average molecular weight is 138 g/mol. The highest BCUT2D eigenvalue weighted by molar-refractivity contribution is 5.59. The molecule has 0 fully saturated rings. The van der Waals surface area contributed by atoms with E-state index in [-0.39, 0.29) is 5.41 Å². The molecule has 0 aromatic heterocycles. The van der Waals surface area contributed by atoms with E-state index in [1.807, 2.05) is 6.92 Å². The van der Waals surface area contributed by atoms with Crippen molar-refractivity contribution in [2.75, 3.05) is 0 Å². The summed E-state index contributed by atoms with van der Waals surface area (Å²) in [5.41, 5.74) is 1.37. The highest BCUT2D eigenvalue weighted by atomic mass is 16.1. The molecular weight excluding hydrogens is 124 g/mol. The van der Waals surface area contributed by atoms with Crippen molar-refractivity contribution in [2.45, 2.75) is 33.1 Å². The van der Waals surface area contributed by atoms with Gasteiger partial charge in [0.05, 0.1) is 0 Å². The third-order valence-corrected chi connectivity index (χ3v) is 2.29. The van der Waals surface area contributed by atoms with Crippen molar-refractivity contribution in [3.8, 4) is 0 Å². The monoisotopic (exact) mass is 138 g/mol. The van der Waals surface area contributed by atoms with Crippen molar-refractivity contribution < 1.29 is 4.79 Å². The van der Waals surface area contributed by atoms with Gasteiger partial charge < -0.3 is 4.79 Å². The molecule has 56 valence electrons. The van der Waals surface area contributed by atoms with E-state index in [2.05, 4.69) is 13.0 Å². The Morgan fingerprint density at radius 3 is 2.80 bits per heavy atom. The molecule has 0 radical (unpaired) electrons. The van der Waals surface area contributed by atoms with Gasteiger partial charge in [-0.15, -0.1) is 0 Å². The van der Waals surface area contributed by atoms with Crippen molar-refractivity contribution in [1.82, 2.24) is 0 Å². The molecule has 1 aliphatic rings. The Morgan fingerprint density at radius 2 is 2.40 bits per heavy atom. The molecule has 0 saturated carbocycles. The predicted molar refractivity (Wildman–Crippen MR) is 41.8 cm³/mol. The Morgan fingerprint density at radius 1 is 1.70 bits per heavy atom. The third-order valence-electron chi connectivity index (χ3n) is 2.29. The van der Waals surface area contributed by atoms with E-state index in [0.29, 0.717) is 0 Å². The van der Waals surface area contributed by atoms with E-state index in [1.165, 1.54) is 5.57 Å². The van der Waals surface area contributed by atoms with Gasteiger partial charge in [0.15, 0.2) is 0 Å². The van der Waals surface area contributed by atoms with Crippen LogP contribution in [0.4, 0.5) is 0 Å². The third kappa shape index (κ3) is 1.47. The number of hydrogen-bond donors (Lipinski definition) is 0. The molecule has 10 heavy (non-hydrogen) atoms. The van der Waals surface area contributed by atoms with E-state index >= 15 is 0 Å². The molecule has 0 aliphatic heterocycles. The van der Waals surface area contributed by atoms with Gasteiger partial charge in [-0.3, -0.25) is 0 Å². The maximum absolute atomic E-state index is 10.6. The van der Waals surface area contributed by atoms with Crippen LogP contribution in [0, 0.1) is 5.41 Å². The highest BCUT2D eigenvalue weighted by Crippen LogP contribution is 2.32. The molecule has 1 aliphatic carbocycles. The number of carbonyl (C=O) groups is 1. The lowest BCUT2D eigenvalue weighted by Crippen LogP contribution is -2.20. The first-order valence-corrected chi connectivity index (χ1v) is 3.78. The van der Waals surface area contributed by atoms with Crippen molar-refractivity contribution in [3.63, 3.8) is 0 Å². The van der Waals surface area contributed by atoms with Crippen molar-refractivity contribution in [2.24, 2.45) is 5.41 Å². The Hall–Kier alpha value is -0.590. The molecular formula is C9H14O. The average Bonchev–Trinajstić information content (AvgIpc) is 1.96. The molecule has 0 amide bonds. The van der Waals surface area contributed by atoms with Gasteiger partial charge in [-0.25, -0.2) is 0 Å². The minimum absolute atomic E-state index is 0.0560. The Labute approximate surface area is 62.1 Å². The Balaban J connectivity index is 2.64. The standard InChI is InChI=1S/C9H14O/c1-8-3-5-9(2,7-10)6-4-8/h3,7H,4-6H2,1-2H3/t9-/m1/s1.